The summed E-state index contributed by atoms with van der Waals surface area (Å²) < 4.78 is 0. The number of piperidine rings is 1. The molecule has 1 atom stereocenters. The Morgan fingerprint density at radius 1 is 1.07 bits per heavy atom. The number of benzene rings is 2. The Morgan fingerprint density at radius 2 is 1.90 bits per heavy atom. The van der Waals surface area contributed by atoms with E-state index in [0.717, 1.165) is 54.0 Å². The van der Waals surface area contributed by atoms with Crippen molar-refractivity contribution in [3.63, 3.8) is 0 Å². The highest BCUT2D eigenvalue weighted by Gasteiger charge is 2.20. The first-order chi connectivity index (χ1) is 14.7. The SMILES string of the molecule is O=C(Nc1ccc(Nc2cc(-c3cccc(CO)c3)ncn2)cc1)[C@@H]1CCCCN1. The predicted octanol–water partition coefficient (Wildman–Crippen LogP) is 3.46. The van der Waals surface area contributed by atoms with Crippen LogP contribution in [-0.2, 0) is 11.4 Å². The van der Waals surface area contributed by atoms with Crippen molar-refractivity contribution in [3.05, 3.63) is 66.5 Å². The van der Waals surface area contributed by atoms with Crippen LogP contribution in [-0.4, -0.2) is 33.6 Å². The summed E-state index contributed by atoms with van der Waals surface area (Å²) in [6.45, 7) is 0.885. The Balaban J connectivity index is 1.41. The summed E-state index contributed by atoms with van der Waals surface area (Å²) in [5.74, 6) is 0.679. The van der Waals surface area contributed by atoms with E-state index >= 15 is 0 Å². The third kappa shape index (κ3) is 5.00. The number of carbonyl (C=O) groups is 1. The molecule has 4 rings (SSSR count). The van der Waals surface area contributed by atoms with Crippen molar-refractivity contribution in [3.8, 4) is 11.3 Å². The van der Waals surface area contributed by atoms with E-state index in [1.807, 2.05) is 54.6 Å². The van der Waals surface area contributed by atoms with Crippen molar-refractivity contribution in [1.29, 1.82) is 0 Å². The maximum atomic E-state index is 12.3. The maximum Gasteiger partial charge on any atom is 0.241 e. The van der Waals surface area contributed by atoms with Crippen molar-refractivity contribution >= 4 is 23.1 Å². The van der Waals surface area contributed by atoms with Gasteiger partial charge < -0.3 is 21.1 Å². The number of amides is 1. The highest BCUT2D eigenvalue weighted by Crippen LogP contribution is 2.23. The number of hydrogen-bond acceptors (Lipinski definition) is 6. The fraction of sp³-hybridized carbons (Fsp3) is 0.261. The minimum absolute atomic E-state index is 0.0102. The van der Waals surface area contributed by atoms with Crippen LogP contribution < -0.4 is 16.0 Å². The second kappa shape index (κ2) is 9.47. The molecule has 0 aliphatic carbocycles. The van der Waals surface area contributed by atoms with Crippen LogP contribution in [0.4, 0.5) is 17.2 Å². The number of aliphatic hydroxyl groups excluding tert-OH is 1. The fourth-order valence-corrected chi connectivity index (χ4v) is 3.50. The van der Waals surface area contributed by atoms with E-state index in [9.17, 15) is 9.90 Å². The Kier molecular flexibility index (Phi) is 6.32. The lowest BCUT2D eigenvalue weighted by atomic mass is 10.0. The topological polar surface area (TPSA) is 99.2 Å². The van der Waals surface area contributed by atoms with E-state index in [4.69, 9.17) is 0 Å². The molecule has 0 bridgehead atoms. The monoisotopic (exact) mass is 403 g/mol. The van der Waals surface area contributed by atoms with E-state index in [0.29, 0.717) is 5.82 Å². The number of nitrogens with one attached hydrogen (secondary N) is 3. The lowest BCUT2D eigenvalue weighted by Gasteiger charge is -2.22. The van der Waals surface area contributed by atoms with Crippen LogP contribution in [0.2, 0.25) is 0 Å². The van der Waals surface area contributed by atoms with Gasteiger partial charge in [0.15, 0.2) is 0 Å². The van der Waals surface area contributed by atoms with E-state index in [2.05, 4.69) is 25.9 Å². The number of nitrogens with zero attached hydrogens (tertiary/aromatic N) is 2. The molecular formula is C23H25N5O2. The summed E-state index contributed by atoms with van der Waals surface area (Å²) in [4.78, 5) is 21.0. The molecule has 154 valence electrons. The van der Waals surface area contributed by atoms with Crippen LogP contribution >= 0.6 is 0 Å². The second-order valence-electron chi connectivity index (χ2n) is 7.34. The highest BCUT2D eigenvalue weighted by molar-refractivity contribution is 5.95. The molecule has 1 aromatic heterocycles. The zero-order chi connectivity index (χ0) is 20.8. The van der Waals surface area contributed by atoms with Crippen LogP contribution in [0, 0.1) is 0 Å². The van der Waals surface area contributed by atoms with E-state index < -0.39 is 0 Å². The molecule has 0 saturated carbocycles. The van der Waals surface area contributed by atoms with Gasteiger partial charge in [0.25, 0.3) is 0 Å². The van der Waals surface area contributed by atoms with Crippen molar-refractivity contribution in [1.82, 2.24) is 15.3 Å². The molecule has 1 amide bonds. The first-order valence-corrected chi connectivity index (χ1v) is 10.1. The number of hydrogen-bond donors (Lipinski definition) is 4. The zero-order valence-electron chi connectivity index (χ0n) is 16.6. The summed E-state index contributed by atoms with van der Waals surface area (Å²) in [6, 6.07) is 16.9. The van der Waals surface area contributed by atoms with E-state index in [1.165, 1.54) is 6.33 Å². The molecule has 4 N–H and O–H groups in total. The molecule has 7 nitrogen and oxygen atoms in total. The van der Waals surface area contributed by atoms with Gasteiger partial charge in [0.1, 0.15) is 12.1 Å². The standard InChI is InChI=1S/C23H25N5O2/c29-14-16-4-3-5-17(12-16)21-13-22(26-15-25-21)27-18-7-9-19(10-8-18)28-23(30)20-6-1-2-11-24-20/h3-5,7-10,12-13,15,20,24,29H,1-2,6,11,14H2,(H,28,30)(H,25,26,27)/t20-/m0/s1. The van der Waals surface area contributed by atoms with Crippen molar-refractivity contribution in [2.24, 2.45) is 0 Å². The molecule has 1 aliphatic rings. The zero-order valence-corrected chi connectivity index (χ0v) is 16.6. The summed E-state index contributed by atoms with van der Waals surface area (Å²) in [7, 11) is 0. The average Bonchev–Trinajstić information content (AvgIpc) is 2.81. The summed E-state index contributed by atoms with van der Waals surface area (Å²) in [5, 5.41) is 18.8. The number of rotatable bonds is 6. The lowest BCUT2D eigenvalue weighted by Crippen LogP contribution is -2.43. The Labute approximate surface area is 175 Å². The number of aliphatic hydroxyl groups is 1. The number of aromatic nitrogens is 2. The van der Waals surface area contributed by atoms with Crippen LogP contribution in [0.1, 0.15) is 24.8 Å². The number of anilines is 3. The molecule has 2 aromatic carbocycles. The molecule has 3 aromatic rings. The maximum absolute atomic E-state index is 12.3. The van der Waals surface area contributed by atoms with Crippen molar-refractivity contribution in [2.75, 3.05) is 17.2 Å². The van der Waals surface area contributed by atoms with Gasteiger partial charge in [-0.2, -0.15) is 0 Å². The van der Waals surface area contributed by atoms with Crippen molar-refractivity contribution in [2.45, 2.75) is 31.9 Å². The first kappa shape index (κ1) is 20.0. The van der Waals surface area contributed by atoms with Crippen LogP contribution in [0.5, 0.6) is 0 Å². The van der Waals surface area contributed by atoms with Gasteiger partial charge in [-0.3, -0.25) is 4.79 Å². The van der Waals surface area contributed by atoms with Crippen LogP contribution in [0.25, 0.3) is 11.3 Å². The normalized spacial score (nSPS) is 16.1. The summed E-state index contributed by atoms with van der Waals surface area (Å²) in [5.41, 5.74) is 4.15. The minimum Gasteiger partial charge on any atom is -0.392 e. The predicted molar refractivity (Wildman–Crippen MR) is 117 cm³/mol. The third-order valence-electron chi connectivity index (χ3n) is 5.12. The fourth-order valence-electron chi connectivity index (χ4n) is 3.50. The van der Waals surface area contributed by atoms with Gasteiger partial charge in [0, 0.05) is 23.0 Å². The molecular weight excluding hydrogens is 378 g/mol. The smallest absolute Gasteiger partial charge is 0.241 e. The van der Waals surface area contributed by atoms with Gasteiger partial charge in [0.2, 0.25) is 5.91 Å². The molecule has 2 heterocycles. The minimum atomic E-state index is -0.111. The van der Waals surface area contributed by atoms with Crippen LogP contribution in [0.15, 0.2) is 60.9 Å². The van der Waals surface area contributed by atoms with E-state index in [-0.39, 0.29) is 18.6 Å². The van der Waals surface area contributed by atoms with Gasteiger partial charge in [-0.1, -0.05) is 24.6 Å². The quantitative estimate of drug-likeness (QED) is 0.503. The molecule has 0 radical (unpaired) electrons. The van der Waals surface area contributed by atoms with Crippen molar-refractivity contribution < 1.29 is 9.90 Å². The Hall–Kier alpha value is -3.29. The first-order valence-electron chi connectivity index (χ1n) is 10.1. The third-order valence-corrected chi connectivity index (χ3v) is 5.12. The Bertz CT molecular complexity index is 1000. The molecule has 0 unspecified atom stereocenters. The molecule has 7 heteroatoms. The van der Waals surface area contributed by atoms with E-state index in [1.54, 1.807) is 0 Å². The highest BCUT2D eigenvalue weighted by atomic mass is 16.3. The van der Waals surface area contributed by atoms with Gasteiger partial charge in [0.05, 0.1) is 18.3 Å². The van der Waals surface area contributed by atoms with Gasteiger partial charge in [-0.25, -0.2) is 9.97 Å². The molecule has 30 heavy (non-hydrogen) atoms. The van der Waals surface area contributed by atoms with Gasteiger partial charge >= 0.3 is 0 Å². The number of carbonyl (C=O) groups excluding carboxylic acids is 1. The lowest BCUT2D eigenvalue weighted by molar-refractivity contribution is -0.118. The summed E-state index contributed by atoms with van der Waals surface area (Å²) in [6.07, 6.45) is 4.60. The Morgan fingerprint density at radius 3 is 2.67 bits per heavy atom. The molecule has 1 saturated heterocycles. The van der Waals surface area contributed by atoms with Crippen LogP contribution in [0.3, 0.4) is 0 Å². The molecule has 1 fully saturated rings. The largest absolute Gasteiger partial charge is 0.392 e. The van der Waals surface area contributed by atoms with Gasteiger partial charge in [-0.15, -0.1) is 0 Å². The molecule has 0 spiro atoms. The summed E-state index contributed by atoms with van der Waals surface area (Å²) >= 11 is 0. The molecule has 1 aliphatic heterocycles. The average molecular weight is 403 g/mol. The second-order valence-corrected chi connectivity index (χ2v) is 7.34. The van der Waals surface area contributed by atoms with Gasteiger partial charge in [-0.05, 0) is 55.3 Å².